The van der Waals surface area contributed by atoms with Gasteiger partial charge < -0.3 is 10.4 Å². The van der Waals surface area contributed by atoms with Crippen molar-refractivity contribution in [1.82, 2.24) is 10.0 Å². The third kappa shape index (κ3) is 4.76. The van der Waals surface area contributed by atoms with Crippen molar-refractivity contribution >= 4 is 25.8 Å². The third-order valence-corrected chi connectivity index (χ3v) is 7.18. The van der Waals surface area contributed by atoms with Crippen LogP contribution in [0.15, 0.2) is 23.1 Å². The average Bonchev–Trinajstić information content (AvgIpc) is 2.83. The maximum Gasteiger partial charge on any atom is 0.335 e. The molecule has 8 nitrogen and oxygen atoms in total. The highest BCUT2D eigenvalue weighted by Crippen LogP contribution is 2.17. The summed E-state index contributed by atoms with van der Waals surface area (Å²) in [5, 5.41) is 12.0. The molecule has 1 fully saturated rings. The van der Waals surface area contributed by atoms with Crippen molar-refractivity contribution in [1.29, 1.82) is 0 Å². The van der Waals surface area contributed by atoms with Crippen molar-refractivity contribution < 1.29 is 26.7 Å². The lowest BCUT2D eigenvalue weighted by molar-refractivity contribution is 0.0696. The van der Waals surface area contributed by atoms with Gasteiger partial charge in [-0.15, -0.1) is 0 Å². The number of hydrogen-bond donors (Lipinski definition) is 3. The molecule has 10 heteroatoms. The predicted octanol–water partition coefficient (Wildman–Crippen LogP) is -0.252. The normalized spacial score (nSPS) is 20.1. The van der Waals surface area contributed by atoms with Gasteiger partial charge in [-0.2, -0.15) is 0 Å². The number of sulfone groups is 1. The zero-order chi connectivity index (χ0) is 18.0. The summed E-state index contributed by atoms with van der Waals surface area (Å²) in [7, 11) is -6.82. The van der Waals surface area contributed by atoms with Gasteiger partial charge in [0.05, 0.1) is 22.0 Å². The van der Waals surface area contributed by atoms with Crippen LogP contribution >= 0.6 is 0 Å². The first kappa shape index (κ1) is 18.8. The molecule has 0 saturated carbocycles. The molecule has 1 aromatic carbocycles. The number of aromatic carboxylic acids is 1. The van der Waals surface area contributed by atoms with Crippen LogP contribution in [0.1, 0.15) is 22.3 Å². The van der Waals surface area contributed by atoms with Crippen LogP contribution in [0.3, 0.4) is 0 Å². The van der Waals surface area contributed by atoms with Gasteiger partial charge in [-0.3, -0.25) is 0 Å². The third-order valence-electron chi connectivity index (χ3n) is 3.81. The maximum atomic E-state index is 12.3. The lowest BCUT2D eigenvalue weighted by Gasteiger charge is -2.13. The number of carboxylic acids is 1. The quantitative estimate of drug-likeness (QED) is 0.559. The highest BCUT2D eigenvalue weighted by Gasteiger charge is 2.27. The molecule has 0 bridgehead atoms. The molecule has 2 rings (SSSR count). The van der Waals surface area contributed by atoms with Crippen LogP contribution in [0.4, 0.5) is 0 Å². The van der Waals surface area contributed by atoms with Crippen molar-refractivity contribution in [3.8, 4) is 0 Å². The van der Waals surface area contributed by atoms with E-state index in [1.807, 2.05) is 0 Å². The topological polar surface area (TPSA) is 130 Å². The molecule has 1 aromatic rings. The minimum Gasteiger partial charge on any atom is -0.478 e. The van der Waals surface area contributed by atoms with Crippen LogP contribution in [0.5, 0.6) is 0 Å². The zero-order valence-electron chi connectivity index (χ0n) is 13.1. The molecule has 0 aromatic heterocycles. The Balaban J connectivity index is 1.94. The Morgan fingerprint density at radius 1 is 1.33 bits per heavy atom. The van der Waals surface area contributed by atoms with Crippen molar-refractivity contribution in [2.45, 2.75) is 24.3 Å². The van der Waals surface area contributed by atoms with Crippen LogP contribution in [-0.2, 0) is 19.9 Å². The Bertz CT molecular complexity index is 833. The zero-order valence-corrected chi connectivity index (χ0v) is 14.8. The predicted molar refractivity (Wildman–Crippen MR) is 88.4 cm³/mol. The van der Waals surface area contributed by atoms with E-state index in [-0.39, 0.29) is 41.1 Å². The first-order valence-electron chi connectivity index (χ1n) is 7.38. The van der Waals surface area contributed by atoms with Crippen LogP contribution in [0.25, 0.3) is 0 Å². The Morgan fingerprint density at radius 2 is 2.04 bits per heavy atom. The minimum absolute atomic E-state index is 0.0690. The van der Waals surface area contributed by atoms with E-state index in [9.17, 15) is 21.6 Å². The molecule has 0 unspecified atom stereocenters. The molecule has 24 heavy (non-hydrogen) atoms. The fourth-order valence-corrected chi connectivity index (χ4v) is 5.53. The molecule has 1 aliphatic heterocycles. The number of rotatable bonds is 7. The van der Waals surface area contributed by atoms with Gasteiger partial charge in [0.1, 0.15) is 0 Å². The molecule has 0 radical (unpaired) electrons. The van der Waals surface area contributed by atoms with Crippen molar-refractivity contribution in [3.05, 3.63) is 29.3 Å². The van der Waals surface area contributed by atoms with Gasteiger partial charge in [-0.25, -0.2) is 26.4 Å². The monoisotopic (exact) mass is 376 g/mol. The van der Waals surface area contributed by atoms with Crippen molar-refractivity contribution in [2.24, 2.45) is 0 Å². The van der Waals surface area contributed by atoms with E-state index in [1.54, 1.807) is 6.92 Å². The molecular formula is C14H20N2O6S2. The first-order valence-corrected chi connectivity index (χ1v) is 10.7. The highest BCUT2D eigenvalue weighted by atomic mass is 32.2. The van der Waals surface area contributed by atoms with E-state index in [2.05, 4.69) is 10.0 Å². The molecule has 1 atom stereocenters. The van der Waals surface area contributed by atoms with Crippen molar-refractivity contribution in [3.63, 3.8) is 0 Å². The summed E-state index contributed by atoms with van der Waals surface area (Å²) in [4.78, 5) is 10.9. The van der Waals surface area contributed by atoms with Crippen LogP contribution in [-0.4, -0.2) is 58.5 Å². The van der Waals surface area contributed by atoms with Gasteiger partial charge in [0, 0.05) is 19.1 Å². The van der Waals surface area contributed by atoms with E-state index in [1.165, 1.54) is 12.1 Å². The number of nitrogens with one attached hydrogen (secondary N) is 2. The fourth-order valence-electron chi connectivity index (χ4n) is 2.52. The summed E-state index contributed by atoms with van der Waals surface area (Å²) in [6.07, 6.45) is 0.523. The van der Waals surface area contributed by atoms with Crippen LogP contribution in [0, 0.1) is 6.92 Å². The summed E-state index contributed by atoms with van der Waals surface area (Å²) >= 11 is 0. The largest absolute Gasteiger partial charge is 0.478 e. The summed E-state index contributed by atoms with van der Waals surface area (Å²) in [5.41, 5.74) is 0.345. The number of benzene rings is 1. The van der Waals surface area contributed by atoms with Crippen molar-refractivity contribution in [2.75, 3.05) is 24.6 Å². The number of aryl methyl sites for hydroxylation is 1. The maximum absolute atomic E-state index is 12.3. The summed E-state index contributed by atoms with van der Waals surface area (Å²) in [6, 6.07) is 3.76. The number of hydrogen-bond acceptors (Lipinski definition) is 6. The first-order chi connectivity index (χ1) is 11.1. The second-order valence-corrected chi connectivity index (χ2v) is 9.70. The average molecular weight is 376 g/mol. The second kappa shape index (κ2) is 7.18. The van der Waals surface area contributed by atoms with Gasteiger partial charge in [-0.05, 0) is 31.0 Å². The summed E-state index contributed by atoms with van der Waals surface area (Å²) in [6.45, 7) is 1.95. The number of sulfonamides is 1. The lowest BCUT2D eigenvalue weighted by Crippen LogP contribution is -2.37. The van der Waals surface area contributed by atoms with Gasteiger partial charge in [0.25, 0.3) is 0 Å². The Labute approximate surface area is 141 Å². The van der Waals surface area contributed by atoms with Crippen LogP contribution in [0.2, 0.25) is 0 Å². The van der Waals surface area contributed by atoms with E-state index in [4.69, 9.17) is 5.11 Å². The number of carbonyl (C=O) groups is 1. The molecule has 1 aliphatic rings. The summed E-state index contributed by atoms with van der Waals surface area (Å²) < 4.78 is 49.7. The van der Waals surface area contributed by atoms with Crippen LogP contribution < -0.4 is 10.0 Å². The molecule has 134 valence electrons. The Morgan fingerprint density at radius 3 is 2.62 bits per heavy atom. The highest BCUT2D eigenvalue weighted by molar-refractivity contribution is 7.91. The van der Waals surface area contributed by atoms with Gasteiger partial charge in [-0.1, -0.05) is 6.07 Å². The minimum atomic E-state index is -3.84. The Hall–Kier alpha value is -1.49. The molecule has 0 spiro atoms. The van der Waals surface area contributed by atoms with E-state index in [0.717, 1.165) is 6.07 Å². The second-order valence-electron chi connectivity index (χ2n) is 5.74. The molecule has 1 heterocycles. The van der Waals surface area contributed by atoms with Gasteiger partial charge >= 0.3 is 5.97 Å². The molecule has 0 aliphatic carbocycles. The Kier molecular flexibility index (Phi) is 5.63. The summed E-state index contributed by atoms with van der Waals surface area (Å²) in [5.74, 6) is -0.979. The van der Waals surface area contributed by atoms with E-state index < -0.39 is 25.8 Å². The van der Waals surface area contributed by atoms with Gasteiger partial charge in [0.2, 0.25) is 10.0 Å². The fraction of sp³-hybridized carbons (Fsp3) is 0.500. The SMILES string of the molecule is Cc1ccc(C(=O)O)cc1S(=O)(=O)NCCN[C@H]1CCS(=O)(=O)C1. The molecule has 0 amide bonds. The standard InChI is InChI=1S/C14H20N2O6S2/c1-10-2-3-11(14(17)18)8-13(10)24(21,22)16-6-5-15-12-4-7-23(19,20)9-12/h2-3,8,12,15-16H,4-7,9H2,1H3,(H,17,18)/t12-/m0/s1. The van der Waals surface area contributed by atoms with E-state index in [0.29, 0.717) is 12.0 Å². The smallest absolute Gasteiger partial charge is 0.335 e. The van der Waals surface area contributed by atoms with E-state index >= 15 is 0 Å². The molecular weight excluding hydrogens is 356 g/mol. The molecule has 3 N–H and O–H groups in total. The molecule has 1 saturated heterocycles. The number of carboxylic acid groups (broad SMARTS) is 1. The lowest BCUT2D eigenvalue weighted by atomic mass is 10.1. The van der Waals surface area contributed by atoms with Gasteiger partial charge in [0.15, 0.2) is 9.84 Å².